The smallest absolute Gasteiger partial charge is 0.251 e. The van der Waals surface area contributed by atoms with Crippen LogP contribution >= 0.6 is 0 Å². The molecule has 40 heavy (non-hydrogen) atoms. The van der Waals surface area contributed by atoms with E-state index in [9.17, 15) is 9.59 Å². The number of benzene rings is 3. The van der Waals surface area contributed by atoms with Gasteiger partial charge in [-0.3, -0.25) is 14.5 Å². The molecule has 2 bridgehead atoms. The minimum Gasteiger partial charge on any atom is -0.493 e. The second kappa shape index (κ2) is 13.6. The molecule has 0 radical (unpaired) electrons. The molecule has 0 unspecified atom stereocenters. The summed E-state index contributed by atoms with van der Waals surface area (Å²) in [6, 6.07) is 22.5. The first-order valence-electron chi connectivity index (χ1n) is 14.8. The van der Waals surface area contributed by atoms with Crippen molar-refractivity contribution in [2.24, 2.45) is 0 Å². The molecule has 2 aliphatic heterocycles. The van der Waals surface area contributed by atoms with Crippen molar-refractivity contribution in [2.75, 3.05) is 31.1 Å². The van der Waals surface area contributed by atoms with Crippen molar-refractivity contribution in [1.29, 1.82) is 0 Å². The summed E-state index contributed by atoms with van der Waals surface area (Å²) in [5, 5.41) is 3.07. The van der Waals surface area contributed by atoms with Crippen LogP contribution in [-0.4, -0.2) is 43.0 Å². The molecule has 0 aliphatic carbocycles. The molecule has 1 N–H and O–H groups in total. The predicted molar refractivity (Wildman–Crippen MR) is 160 cm³/mol. The number of hydrogen-bond acceptors (Lipinski definition) is 4. The van der Waals surface area contributed by atoms with Gasteiger partial charge in [0.15, 0.2) is 0 Å². The van der Waals surface area contributed by atoms with Gasteiger partial charge in [-0.05, 0) is 97.8 Å². The van der Waals surface area contributed by atoms with Crippen molar-refractivity contribution in [1.82, 2.24) is 10.2 Å². The van der Waals surface area contributed by atoms with E-state index in [1.165, 1.54) is 17.5 Å². The van der Waals surface area contributed by atoms with Gasteiger partial charge in [0.25, 0.3) is 5.91 Å². The lowest BCUT2D eigenvalue weighted by atomic mass is 9.99. The number of fused-ring (bicyclic) bond motifs is 3. The summed E-state index contributed by atoms with van der Waals surface area (Å²) in [5.74, 6) is 0.903. The summed E-state index contributed by atoms with van der Waals surface area (Å²) in [6.07, 6.45) is 6.70. The van der Waals surface area contributed by atoms with Gasteiger partial charge in [-0.25, -0.2) is 0 Å². The van der Waals surface area contributed by atoms with Crippen LogP contribution in [0.3, 0.4) is 0 Å². The maximum atomic E-state index is 13.2. The Morgan fingerprint density at radius 3 is 2.65 bits per heavy atom. The molecule has 3 aromatic rings. The van der Waals surface area contributed by atoms with Crippen LogP contribution in [0.15, 0.2) is 66.7 Å². The molecule has 5 rings (SSSR count). The van der Waals surface area contributed by atoms with Gasteiger partial charge in [0.1, 0.15) is 5.75 Å². The maximum absolute atomic E-state index is 13.2. The summed E-state index contributed by atoms with van der Waals surface area (Å²) in [6.45, 7) is 7.29. The molecule has 6 nitrogen and oxygen atoms in total. The largest absolute Gasteiger partial charge is 0.493 e. The van der Waals surface area contributed by atoms with Crippen molar-refractivity contribution >= 4 is 17.5 Å². The van der Waals surface area contributed by atoms with E-state index in [4.69, 9.17) is 4.74 Å². The van der Waals surface area contributed by atoms with Gasteiger partial charge >= 0.3 is 0 Å². The minimum absolute atomic E-state index is 0.117. The summed E-state index contributed by atoms with van der Waals surface area (Å²) >= 11 is 0. The number of nitrogens with zero attached hydrogens (tertiary/aromatic N) is 2. The zero-order valence-electron chi connectivity index (χ0n) is 23.7. The highest BCUT2D eigenvalue weighted by Gasteiger charge is 2.21. The lowest BCUT2D eigenvalue weighted by Gasteiger charge is -2.22. The number of nitrogens with one attached hydrogen (secondary N) is 1. The molecule has 2 aliphatic rings. The van der Waals surface area contributed by atoms with E-state index in [-0.39, 0.29) is 11.8 Å². The normalized spacial score (nSPS) is 16.6. The lowest BCUT2D eigenvalue weighted by Crippen LogP contribution is -2.25. The zero-order chi connectivity index (χ0) is 27.7. The Bertz CT molecular complexity index is 1320. The summed E-state index contributed by atoms with van der Waals surface area (Å²) in [5.41, 5.74) is 6.08. The average Bonchev–Trinajstić information content (AvgIpc) is 3.40. The number of ether oxygens (including phenoxy) is 1. The molecule has 0 atom stereocenters. The van der Waals surface area contributed by atoms with Gasteiger partial charge in [0, 0.05) is 43.7 Å². The third kappa shape index (κ3) is 7.30. The minimum atomic E-state index is -0.117. The molecule has 6 heteroatoms. The molecule has 1 saturated heterocycles. The first-order valence-corrected chi connectivity index (χ1v) is 14.8. The van der Waals surface area contributed by atoms with Crippen molar-refractivity contribution in [3.63, 3.8) is 0 Å². The van der Waals surface area contributed by atoms with Gasteiger partial charge in [0.05, 0.1) is 6.61 Å². The monoisotopic (exact) mass is 539 g/mol. The molecular weight excluding hydrogens is 498 g/mol. The van der Waals surface area contributed by atoms with Gasteiger partial charge in [-0.1, -0.05) is 43.3 Å². The standard InChI is InChI=1S/C34H41N3O3/c1-2-16-36-17-4-3-5-19-40-32-15-14-29(23-30(32)21-26-9-6-11-28(20-26)25-36)34(39)35-24-27-10-7-12-31(22-27)37-18-8-13-33(37)38/h6-7,9-12,14-15,20,22-23H,2-5,8,13,16-19,21,24-25H2,1H3,(H,35,39). The Hall–Kier alpha value is -3.64. The van der Waals surface area contributed by atoms with E-state index in [1.807, 2.05) is 47.4 Å². The van der Waals surface area contributed by atoms with Crippen LogP contribution in [0.4, 0.5) is 5.69 Å². The van der Waals surface area contributed by atoms with Gasteiger partial charge in [0.2, 0.25) is 5.91 Å². The van der Waals surface area contributed by atoms with E-state index >= 15 is 0 Å². The van der Waals surface area contributed by atoms with Crippen LogP contribution in [0.25, 0.3) is 0 Å². The molecule has 0 saturated carbocycles. The van der Waals surface area contributed by atoms with Crippen molar-refractivity contribution in [3.8, 4) is 5.75 Å². The lowest BCUT2D eigenvalue weighted by molar-refractivity contribution is -0.117. The fourth-order valence-corrected chi connectivity index (χ4v) is 5.74. The van der Waals surface area contributed by atoms with Crippen LogP contribution in [0, 0.1) is 0 Å². The van der Waals surface area contributed by atoms with E-state index in [0.29, 0.717) is 31.6 Å². The Labute approximate surface area is 238 Å². The Kier molecular flexibility index (Phi) is 9.50. The second-order valence-corrected chi connectivity index (χ2v) is 11.0. The van der Waals surface area contributed by atoms with Gasteiger partial charge in [-0.15, -0.1) is 0 Å². The molecule has 210 valence electrons. The van der Waals surface area contributed by atoms with Crippen molar-refractivity contribution < 1.29 is 14.3 Å². The van der Waals surface area contributed by atoms with E-state index in [1.54, 1.807) is 0 Å². The van der Waals surface area contributed by atoms with Crippen LogP contribution in [0.1, 0.15) is 78.1 Å². The first-order chi connectivity index (χ1) is 19.6. The van der Waals surface area contributed by atoms with Crippen LogP contribution in [-0.2, 0) is 24.3 Å². The number of hydrogen-bond donors (Lipinski definition) is 1. The molecule has 1 fully saturated rings. The molecule has 0 aromatic heterocycles. The highest BCUT2D eigenvalue weighted by Crippen LogP contribution is 2.26. The Morgan fingerprint density at radius 1 is 0.925 bits per heavy atom. The maximum Gasteiger partial charge on any atom is 0.251 e. The molecule has 2 amide bonds. The van der Waals surface area contributed by atoms with Crippen molar-refractivity contribution in [2.45, 2.75) is 65.0 Å². The third-order valence-corrected chi connectivity index (χ3v) is 7.78. The third-order valence-electron chi connectivity index (χ3n) is 7.78. The van der Waals surface area contributed by atoms with E-state index in [2.05, 4.69) is 41.4 Å². The SMILES string of the molecule is CCCN1CCCCCOc2ccc(C(=O)NCc3cccc(N4CCCC4=O)c3)cc2Cc2cccc(c2)C1. The van der Waals surface area contributed by atoms with Crippen molar-refractivity contribution in [3.05, 3.63) is 94.5 Å². The molecule has 3 aromatic carbocycles. The summed E-state index contributed by atoms with van der Waals surface area (Å²) in [4.78, 5) is 29.7. The molecule has 0 spiro atoms. The fraction of sp³-hybridized carbons (Fsp3) is 0.412. The van der Waals surface area contributed by atoms with Crippen LogP contribution in [0.2, 0.25) is 0 Å². The van der Waals surface area contributed by atoms with E-state index in [0.717, 1.165) is 74.4 Å². The molecule has 2 heterocycles. The zero-order valence-corrected chi connectivity index (χ0v) is 23.7. The fourth-order valence-electron chi connectivity index (χ4n) is 5.74. The number of amides is 2. The van der Waals surface area contributed by atoms with Gasteiger partial charge < -0.3 is 15.0 Å². The number of rotatable bonds is 6. The van der Waals surface area contributed by atoms with Crippen LogP contribution in [0.5, 0.6) is 5.75 Å². The predicted octanol–water partition coefficient (Wildman–Crippen LogP) is 6.11. The van der Waals surface area contributed by atoms with Gasteiger partial charge in [-0.2, -0.15) is 0 Å². The Morgan fingerprint density at radius 2 is 1.80 bits per heavy atom. The number of carbonyl (C=O) groups excluding carboxylic acids is 2. The van der Waals surface area contributed by atoms with E-state index < -0.39 is 0 Å². The second-order valence-electron chi connectivity index (χ2n) is 11.0. The Balaban J connectivity index is 1.31. The number of carbonyl (C=O) groups is 2. The highest BCUT2D eigenvalue weighted by atomic mass is 16.5. The quantitative estimate of drug-likeness (QED) is 0.411. The highest BCUT2D eigenvalue weighted by molar-refractivity contribution is 5.96. The average molecular weight is 540 g/mol. The summed E-state index contributed by atoms with van der Waals surface area (Å²) < 4.78 is 6.24. The van der Waals surface area contributed by atoms with Crippen LogP contribution < -0.4 is 15.0 Å². The topological polar surface area (TPSA) is 61.9 Å². The number of anilines is 1. The summed E-state index contributed by atoms with van der Waals surface area (Å²) in [7, 11) is 0. The first kappa shape index (κ1) is 27.9. The molecular formula is C34H41N3O3.